The lowest BCUT2D eigenvalue weighted by Gasteiger charge is -2.33. The van der Waals surface area contributed by atoms with Crippen LogP contribution in [0.5, 0.6) is 0 Å². The summed E-state index contributed by atoms with van der Waals surface area (Å²) in [6.07, 6.45) is -2.35. The van der Waals surface area contributed by atoms with Crippen molar-refractivity contribution in [2.75, 3.05) is 38.5 Å². The number of thioether (sulfide) groups is 1. The van der Waals surface area contributed by atoms with E-state index in [0.717, 1.165) is 60.7 Å². The van der Waals surface area contributed by atoms with Crippen molar-refractivity contribution in [1.82, 2.24) is 29.9 Å². The number of pyridine rings is 1. The topological polar surface area (TPSA) is 124 Å². The molecule has 1 unspecified atom stereocenters. The number of carbonyl (C=O) groups excluding carboxylic acids is 1. The average molecular weight is 647 g/mol. The van der Waals surface area contributed by atoms with Gasteiger partial charge < -0.3 is 25.3 Å². The number of alkyl halides is 3. The minimum absolute atomic E-state index is 0.0160. The Hall–Kier alpha value is -3.62. The van der Waals surface area contributed by atoms with Crippen molar-refractivity contribution in [3.8, 4) is 11.3 Å². The highest BCUT2D eigenvalue weighted by Gasteiger charge is 2.35. The molecule has 242 valence electrons. The Labute approximate surface area is 263 Å². The van der Waals surface area contributed by atoms with Crippen LogP contribution in [0.2, 0.25) is 0 Å². The summed E-state index contributed by atoms with van der Waals surface area (Å²) in [5.41, 5.74) is 2.82. The zero-order valence-corrected chi connectivity index (χ0v) is 25.8. The SMILES string of the molecule is CC(=O)N1CCc2c(c(-c3ccc(C(F)(F)F)c(SCCNC(=O)O)c3)nn2CC(O)CN2CCC(c3ccccn3)CC2)C1. The summed E-state index contributed by atoms with van der Waals surface area (Å²) in [5.74, 6) is 0.391. The molecule has 2 aliphatic rings. The van der Waals surface area contributed by atoms with E-state index in [1.54, 1.807) is 9.58 Å². The van der Waals surface area contributed by atoms with E-state index in [-0.39, 0.29) is 36.2 Å². The molecule has 5 rings (SSSR count). The zero-order chi connectivity index (χ0) is 32.1. The number of nitrogens with one attached hydrogen (secondary N) is 1. The molecule has 4 heterocycles. The van der Waals surface area contributed by atoms with Gasteiger partial charge in [-0.15, -0.1) is 11.8 Å². The predicted octanol–water partition coefficient (Wildman–Crippen LogP) is 4.47. The van der Waals surface area contributed by atoms with E-state index in [1.165, 1.54) is 19.1 Å². The van der Waals surface area contributed by atoms with Crippen LogP contribution in [0.3, 0.4) is 0 Å². The largest absolute Gasteiger partial charge is 0.465 e. The molecule has 0 radical (unpaired) electrons. The second-order valence-corrected chi connectivity index (χ2v) is 12.6. The van der Waals surface area contributed by atoms with Gasteiger partial charge in [0.25, 0.3) is 0 Å². The number of hydrogen-bond acceptors (Lipinski definition) is 7. The second-order valence-electron chi connectivity index (χ2n) is 11.4. The van der Waals surface area contributed by atoms with Gasteiger partial charge in [-0.1, -0.05) is 12.1 Å². The van der Waals surface area contributed by atoms with E-state index in [2.05, 4.69) is 21.3 Å². The molecule has 2 amide bonds. The third kappa shape index (κ3) is 8.16. The van der Waals surface area contributed by atoms with Gasteiger partial charge in [0.1, 0.15) is 0 Å². The highest BCUT2D eigenvalue weighted by atomic mass is 32.2. The molecule has 0 saturated carbocycles. The van der Waals surface area contributed by atoms with Crippen molar-refractivity contribution in [3.63, 3.8) is 0 Å². The summed E-state index contributed by atoms with van der Waals surface area (Å²) < 4.78 is 43.3. The highest BCUT2D eigenvalue weighted by molar-refractivity contribution is 7.99. The fraction of sp³-hybridized carbons (Fsp3) is 0.484. The Morgan fingerprint density at radius 3 is 2.58 bits per heavy atom. The van der Waals surface area contributed by atoms with Crippen molar-refractivity contribution in [2.45, 2.75) is 62.4 Å². The van der Waals surface area contributed by atoms with Crippen LogP contribution in [0, 0.1) is 0 Å². The van der Waals surface area contributed by atoms with Crippen LogP contribution >= 0.6 is 11.8 Å². The van der Waals surface area contributed by atoms with Crippen LogP contribution in [0.4, 0.5) is 18.0 Å². The molecular weight excluding hydrogens is 609 g/mol. The van der Waals surface area contributed by atoms with E-state index in [9.17, 15) is 27.9 Å². The molecule has 14 heteroatoms. The molecule has 0 spiro atoms. The molecule has 45 heavy (non-hydrogen) atoms. The fourth-order valence-corrected chi connectivity index (χ4v) is 7.04. The first-order valence-corrected chi connectivity index (χ1v) is 15.9. The summed E-state index contributed by atoms with van der Waals surface area (Å²) >= 11 is 0.909. The molecule has 0 aliphatic carbocycles. The molecule has 2 aliphatic heterocycles. The minimum Gasteiger partial charge on any atom is -0.465 e. The van der Waals surface area contributed by atoms with Crippen molar-refractivity contribution >= 4 is 23.8 Å². The van der Waals surface area contributed by atoms with Crippen LogP contribution in [-0.4, -0.2) is 91.4 Å². The highest BCUT2D eigenvalue weighted by Crippen LogP contribution is 2.40. The summed E-state index contributed by atoms with van der Waals surface area (Å²) in [6.45, 7) is 4.56. The Morgan fingerprint density at radius 1 is 1.13 bits per heavy atom. The van der Waals surface area contributed by atoms with E-state index in [1.807, 2.05) is 18.3 Å². The van der Waals surface area contributed by atoms with Crippen LogP contribution in [-0.2, 0) is 30.5 Å². The Morgan fingerprint density at radius 2 is 1.91 bits per heavy atom. The van der Waals surface area contributed by atoms with Crippen LogP contribution in [0.15, 0.2) is 47.5 Å². The molecule has 3 aromatic rings. The number of aliphatic hydroxyl groups excluding tert-OH is 1. The van der Waals surface area contributed by atoms with Crippen LogP contribution in [0.25, 0.3) is 11.3 Å². The number of aromatic nitrogens is 3. The number of aliphatic hydroxyl groups is 1. The van der Waals surface area contributed by atoms with Gasteiger partial charge in [-0.2, -0.15) is 18.3 Å². The molecule has 10 nitrogen and oxygen atoms in total. The van der Waals surface area contributed by atoms with Gasteiger partial charge >= 0.3 is 12.3 Å². The van der Waals surface area contributed by atoms with E-state index >= 15 is 0 Å². The summed E-state index contributed by atoms with van der Waals surface area (Å²) in [4.78, 5) is 31.4. The fourth-order valence-electron chi connectivity index (χ4n) is 6.07. The first kappa shape index (κ1) is 32.8. The van der Waals surface area contributed by atoms with Gasteiger partial charge in [-0.05, 0) is 50.2 Å². The number of benzene rings is 1. The molecule has 3 N–H and O–H groups in total. The lowest BCUT2D eigenvalue weighted by molar-refractivity contribution is -0.139. The first-order valence-electron chi connectivity index (χ1n) is 15.0. The van der Waals surface area contributed by atoms with E-state index in [0.29, 0.717) is 36.7 Å². The normalized spacial score (nSPS) is 16.8. The first-order chi connectivity index (χ1) is 21.5. The van der Waals surface area contributed by atoms with Crippen molar-refractivity contribution < 1.29 is 33.0 Å². The van der Waals surface area contributed by atoms with Crippen LogP contribution in [0.1, 0.15) is 48.2 Å². The molecule has 1 fully saturated rings. The number of nitrogens with zero attached hydrogens (tertiary/aromatic N) is 5. The maximum absolute atomic E-state index is 13.9. The maximum Gasteiger partial charge on any atom is 0.417 e. The van der Waals surface area contributed by atoms with Crippen LogP contribution < -0.4 is 5.32 Å². The van der Waals surface area contributed by atoms with Gasteiger partial charge in [0.2, 0.25) is 5.91 Å². The Kier molecular flexibility index (Phi) is 10.3. The number of hydrogen-bond donors (Lipinski definition) is 3. The molecule has 2 aromatic heterocycles. The van der Waals surface area contributed by atoms with Gasteiger partial charge in [-0.25, -0.2) is 4.79 Å². The number of piperidine rings is 1. The molecule has 1 atom stereocenters. The number of fused-ring (bicyclic) bond motifs is 1. The number of β-amino-alcohol motifs (C(OH)–C–C–N with tert-alkyl or cyclic N) is 1. The van der Waals surface area contributed by atoms with Gasteiger partial charge in [-0.3, -0.25) is 14.5 Å². The molecule has 1 saturated heterocycles. The summed E-state index contributed by atoms with van der Waals surface area (Å²) in [7, 11) is 0. The van der Waals surface area contributed by atoms with Gasteiger partial charge in [0.05, 0.1) is 23.9 Å². The smallest absolute Gasteiger partial charge is 0.417 e. The minimum atomic E-state index is -4.60. The number of carbonyl (C=O) groups is 2. The lowest BCUT2D eigenvalue weighted by Crippen LogP contribution is -2.40. The number of amides is 2. The molecule has 0 bridgehead atoms. The zero-order valence-electron chi connectivity index (χ0n) is 25.0. The van der Waals surface area contributed by atoms with Crippen molar-refractivity contribution in [1.29, 1.82) is 0 Å². The second kappa shape index (κ2) is 14.2. The van der Waals surface area contributed by atoms with E-state index < -0.39 is 23.9 Å². The number of rotatable bonds is 10. The van der Waals surface area contributed by atoms with Crippen molar-refractivity contribution in [2.24, 2.45) is 0 Å². The van der Waals surface area contributed by atoms with E-state index in [4.69, 9.17) is 10.2 Å². The monoisotopic (exact) mass is 646 g/mol. The lowest BCUT2D eigenvalue weighted by atomic mass is 9.93. The number of halogens is 3. The predicted molar refractivity (Wildman–Crippen MR) is 163 cm³/mol. The van der Waals surface area contributed by atoms with Gasteiger partial charge in [0, 0.05) is 84.8 Å². The van der Waals surface area contributed by atoms with Crippen molar-refractivity contribution in [3.05, 3.63) is 65.1 Å². The Bertz CT molecular complexity index is 1490. The molecular formula is C31H37F3N6O4S. The quantitative estimate of drug-likeness (QED) is 0.218. The number of carboxylic acid groups (broad SMARTS) is 1. The number of likely N-dealkylation sites (tertiary alicyclic amines) is 1. The summed E-state index contributed by atoms with van der Waals surface area (Å²) in [6, 6.07) is 9.78. The third-order valence-electron chi connectivity index (χ3n) is 8.32. The average Bonchev–Trinajstić information content (AvgIpc) is 3.36. The molecule has 1 aromatic carbocycles. The standard InChI is InChI=1S/C31H37F3N6O4S/c1-20(41)39-14-9-27-24(19-39)29(22-5-6-25(31(32,33)34)28(16-22)45-15-11-36-30(43)44)37-40(27)18-23(42)17-38-12-7-21(8-13-38)26-4-2-3-10-35-26/h2-6,10,16,21,23,36,42H,7-9,11-15,17-19H2,1H3,(H,43,44). The third-order valence-corrected chi connectivity index (χ3v) is 9.38. The summed E-state index contributed by atoms with van der Waals surface area (Å²) in [5, 5.41) is 26.9. The maximum atomic E-state index is 13.9. The Balaban J connectivity index is 1.35. The van der Waals surface area contributed by atoms with Gasteiger partial charge in [0.15, 0.2) is 0 Å².